The number of carbonyl (C=O) groups is 2. The first-order valence-corrected chi connectivity index (χ1v) is 12.1. The van der Waals surface area contributed by atoms with Crippen LogP contribution in [0.3, 0.4) is 0 Å². The Morgan fingerprint density at radius 3 is 2.50 bits per heavy atom. The topological polar surface area (TPSA) is 67.7 Å². The molecule has 1 spiro atoms. The van der Waals surface area contributed by atoms with Crippen LogP contribution in [-0.2, 0) is 17.8 Å². The van der Waals surface area contributed by atoms with Crippen molar-refractivity contribution in [2.24, 2.45) is 5.41 Å². The molecule has 2 aliphatic rings. The van der Waals surface area contributed by atoms with Gasteiger partial charge in [-0.2, -0.15) is 5.10 Å². The number of aromatic nitrogens is 2. The molecule has 1 aromatic heterocycles. The number of rotatable bonds is 5. The van der Waals surface area contributed by atoms with Gasteiger partial charge in [0.2, 0.25) is 5.91 Å². The maximum Gasteiger partial charge on any atom is 0.273 e. The normalized spacial score (nSPS) is 17.8. The van der Waals surface area contributed by atoms with Crippen LogP contribution in [0.5, 0.6) is 5.75 Å². The molecule has 2 aliphatic heterocycles. The molecule has 0 saturated carbocycles. The van der Waals surface area contributed by atoms with Gasteiger partial charge in [0.15, 0.2) is 0 Å². The predicted octanol–water partition coefficient (Wildman–Crippen LogP) is 3.68. The van der Waals surface area contributed by atoms with Crippen LogP contribution in [0.2, 0.25) is 0 Å². The first kappa shape index (κ1) is 22.8. The van der Waals surface area contributed by atoms with Gasteiger partial charge in [-0.25, -0.2) is 0 Å². The van der Waals surface area contributed by atoms with Crippen molar-refractivity contribution < 1.29 is 14.3 Å². The van der Waals surface area contributed by atoms with Crippen LogP contribution in [-0.4, -0.2) is 64.7 Å². The molecule has 7 nitrogen and oxygen atoms in total. The first-order chi connectivity index (χ1) is 15.4. The monoisotopic (exact) mass is 502 g/mol. The second-order valence-electron chi connectivity index (χ2n) is 8.95. The molecular formula is C24H31BrN4O3. The van der Waals surface area contributed by atoms with Gasteiger partial charge in [-0.05, 0) is 72.2 Å². The number of likely N-dealkylation sites (tertiary alicyclic amines) is 2. The van der Waals surface area contributed by atoms with Gasteiger partial charge < -0.3 is 14.5 Å². The number of amides is 2. The highest BCUT2D eigenvalue weighted by atomic mass is 79.9. The Morgan fingerprint density at radius 1 is 1.16 bits per heavy atom. The molecule has 4 rings (SSSR count). The Kier molecular flexibility index (Phi) is 6.60. The summed E-state index contributed by atoms with van der Waals surface area (Å²) in [5.41, 5.74) is 2.57. The fourth-order valence-corrected chi connectivity index (χ4v) is 5.41. The summed E-state index contributed by atoms with van der Waals surface area (Å²) >= 11 is 3.55. The number of ether oxygens (including phenoxy) is 1. The molecule has 0 unspecified atom stereocenters. The highest BCUT2D eigenvalue weighted by Gasteiger charge is 2.43. The molecule has 0 radical (unpaired) electrons. The molecule has 2 amide bonds. The van der Waals surface area contributed by atoms with E-state index in [2.05, 4.69) is 21.0 Å². The fourth-order valence-electron chi connectivity index (χ4n) is 4.96. The summed E-state index contributed by atoms with van der Waals surface area (Å²) in [6, 6.07) is 7.69. The van der Waals surface area contributed by atoms with Crippen LogP contribution in [0.1, 0.15) is 47.9 Å². The number of hydrogen-bond acceptors (Lipinski definition) is 4. The van der Waals surface area contributed by atoms with Crippen LogP contribution in [0.15, 0.2) is 28.7 Å². The van der Waals surface area contributed by atoms with Gasteiger partial charge in [-0.1, -0.05) is 12.1 Å². The van der Waals surface area contributed by atoms with Crippen molar-refractivity contribution in [3.63, 3.8) is 0 Å². The van der Waals surface area contributed by atoms with Crippen molar-refractivity contribution in [1.29, 1.82) is 0 Å². The molecule has 8 heteroatoms. The minimum absolute atomic E-state index is 0.0488. The summed E-state index contributed by atoms with van der Waals surface area (Å²) in [7, 11) is 1.64. The van der Waals surface area contributed by atoms with Gasteiger partial charge in [0.25, 0.3) is 5.91 Å². The second kappa shape index (κ2) is 9.25. The Balaban J connectivity index is 1.36. The molecule has 1 aromatic carbocycles. The summed E-state index contributed by atoms with van der Waals surface area (Å²) in [6.07, 6.45) is 3.26. The molecule has 0 N–H and O–H groups in total. The lowest BCUT2D eigenvalue weighted by molar-refractivity contribution is -0.132. The third-order valence-electron chi connectivity index (χ3n) is 6.95. The van der Waals surface area contributed by atoms with Gasteiger partial charge in [0, 0.05) is 32.7 Å². The van der Waals surface area contributed by atoms with E-state index in [0.717, 1.165) is 66.9 Å². The van der Waals surface area contributed by atoms with Crippen LogP contribution in [0.4, 0.5) is 0 Å². The first-order valence-electron chi connectivity index (χ1n) is 11.3. The molecule has 2 aromatic rings. The Bertz CT molecular complexity index is 1010. The third kappa shape index (κ3) is 4.42. The number of methoxy groups -OCH3 is 1. The van der Waals surface area contributed by atoms with Gasteiger partial charge in [0.05, 0.1) is 23.7 Å². The number of carbonyl (C=O) groups excluding carboxylic acids is 2. The largest absolute Gasteiger partial charge is 0.497 e. The standard InChI is InChI=1S/C24H31BrN4O3/c1-4-29-22(21(25)17(2)26-29)23(31)28-13-10-24(16-28)8-11-27(12-9-24)20(30)15-18-6-5-7-19(14-18)32-3/h5-7,14H,4,8-13,15-16H2,1-3H3. The second-order valence-corrected chi connectivity index (χ2v) is 9.74. The quantitative estimate of drug-likeness (QED) is 0.625. The average Bonchev–Trinajstić information content (AvgIpc) is 3.34. The minimum Gasteiger partial charge on any atom is -0.497 e. The highest BCUT2D eigenvalue weighted by Crippen LogP contribution is 2.41. The van der Waals surface area contributed by atoms with Gasteiger partial charge in [-0.3, -0.25) is 14.3 Å². The summed E-state index contributed by atoms with van der Waals surface area (Å²) in [6.45, 7) is 7.59. The average molecular weight is 503 g/mol. The smallest absolute Gasteiger partial charge is 0.273 e. The van der Waals surface area contributed by atoms with E-state index in [0.29, 0.717) is 18.7 Å². The van der Waals surface area contributed by atoms with Crippen molar-refractivity contribution >= 4 is 27.7 Å². The summed E-state index contributed by atoms with van der Waals surface area (Å²) in [5, 5.41) is 4.47. The van der Waals surface area contributed by atoms with E-state index >= 15 is 0 Å². The zero-order chi connectivity index (χ0) is 22.9. The Hall–Kier alpha value is -2.35. The number of nitrogens with zero attached hydrogens (tertiary/aromatic N) is 4. The molecule has 172 valence electrons. The molecule has 0 bridgehead atoms. The van der Waals surface area contributed by atoms with E-state index in [-0.39, 0.29) is 17.2 Å². The number of halogens is 1. The minimum atomic E-state index is 0.0488. The zero-order valence-electron chi connectivity index (χ0n) is 19.1. The summed E-state index contributed by atoms with van der Waals surface area (Å²) in [4.78, 5) is 30.1. The lowest BCUT2D eigenvalue weighted by Gasteiger charge is -2.39. The van der Waals surface area contributed by atoms with Crippen LogP contribution < -0.4 is 4.74 Å². The van der Waals surface area contributed by atoms with Gasteiger partial charge >= 0.3 is 0 Å². The van der Waals surface area contributed by atoms with Crippen molar-refractivity contribution in [3.05, 3.63) is 45.7 Å². The van der Waals surface area contributed by atoms with E-state index in [4.69, 9.17) is 4.74 Å². The van der Waals surface area contributed by atoms with Crippen molar-refractivity contribution in [1.82, 2.24) is 19.6 Å². The maximum atomic E-state index is 13.3. The predicted molar refractivity (Wildman–Crippen MR) is 126 cm³/mol. The number of aryl methyl sites for hydroxylation is 2. The summed E-state index contributed by atoms with van der Waals surface area (Å²) in [5.74, 6) is 0.980. The molecule has 3 heterocycles. The lowest BCUT2D eigenvalue weighted by atomic mass is 9.77. The van der Waals surface area contributed by atoms with Crippen LogP contribution in [0, 0.1) is 12.3 Å². The van der Waals surface area contributed by atoms with Crippen LogP contribution >= 0.6 is 15.9 Å². The SMILES string of the molecule is CCn1nc(C)c(Br)c1C(=O)N1CCC2(CCN(C(=O)Cc3cccc(OC)c3)CC2)C1. The zero-order valence-corrected chi connectivity index (χ0v) is 20.7. The maximum absolute atomic E-state index is 13.3. The molecule has 2 fully saturated rings. The summed E-state index contributed by atoms with van der Waals surface area (Å²) < 4.78 is 7.84. The number of benzene rings is 1. The third-order valence-corrected chi connectivity index (χ3v) is 7.90. The molecule has 0 atom stereocenters. The Labute approximate surface area is 197 Å². The highest BCUT2D eigenvalue weighted by molar-refractivity contribution is 9.10. The van der Waals surface area contributed by atoms with Crippen LogP contribution in [0.25, 0.3) is 0 Å². The van der Waals surface area contributed by atoms with E-state index in [1.807, 2.05) is 47.9 Å². The Morgan fingerprint density at radius 2 is 1.84 bits per heavy atom. The van der Waals surface area contributed by atoms with E-state index in [1.165, 1.54) is 0 Å². The molecule has 2 saturated heterocycles. The number of hydrogen-bond donors (Lipinski definition) is 0. The van der Waals surface area contributed by atoms with Crippen molar-refractivity contribution in [3.8, 4) is 5.75 Å². The van der Waals surface area contributed by atoms with E-state index in [1.54, 1.807) is 11.8 Å². The van der Waals surface area contributed by atoms with Gasteiger partial charge in [0.1, 0.15) is 11.4 Å². The molecule has 0 aliphatic carbocycles. The number of piperidine rings is 1. The van der Waals surface area contributed by atoms with E-state index < -0.39 is 0 Å². The van der Waals surface area contributed by atoms with E-state index in [9.17, 15) is 9.59 Å². The molecule has 32 heavy (non-hydrogen) atoms. The van der Waals surface area contributed by atoms with Gasteiger partial charge in [-0.15, -0.1) is 0 Å². The lowest BCUT2D eigenvalue weighted by Crippen LogP contribution is -2.45. The molecular weight excluding hydrogens is 472 g/mol. The van der Waals surface area contributed by atoms with Crippen molar-refractivity contribution in [2.45, 2.75) is 46.1 Å². The fraction of sp³-hybridized carbons (Fsp3) is 0.542. The van der Waals surface area contributed by atoms with Crippen molar-refractivity contribution in [2.75, 3.05) is 33.3 Å².